The van der Waals surface area contributed by atoms with Gasteiger partial charge >= 0.3 is 5.97 Å². The van der Waals surface area contributed by atoms with Crippen molar-refractivity contribution in [2.45, 2.75) is 63.9 Å². The van der Waals surface area contributed by atoms with Gasteiger partial charge in [0.25, 0.3) is 0 Å². The van der Waals surface area contributed by atoms with Crippen LogP contribution in [-0.4, -0.2) is 23.7 Å². The molecular weight excluding hydrogens is 338 g/mol. The van der Waals surface area contributed by atoms with Crippen molar-refractivity contribution in [3.63, 3.8) is 0 Å². The van der Waals surface area contributed by atoms with Crippen molar-refractivity contribution in [3.8, 4) is 0 Å². The van der Waals surface area contributed by atoms with E-state index in [0.717, 1.165) is 31.2 Å². The fourth-order valence-corrected chi connectivity index (χ4v) is 4.18. The van der Waals surface area contributed by atoms with Gasteiger partial charge in [0.05, 0.1) is 0 Å². The number of carbonyl (C=O) groups excluding carboxylic acids is 2. The Hall–Kier alpha value is -1.68. The lowest BCUT2D eigenvalue weighted by Crippen LogP contribution is -2.37. The molecule has 0 saturated heterocycles. The van der Waals surface area contributed by atoms with E-state index < -0.39 is 5.92 Å². The first kappa shape index (κ1) is 18.1. The number of nitrogens with zero attached hydrogens (tertiary/aromatic N) is 1. The minimum atomic E-state index is -0.541. The van der Waals surface area contributed by atoms with Gasteiger partial charge in [0.1, 0.15) is 12.0 Å². The van der Waals surface area contributed by atoms with Gasteiger partial charge in [-0.05, 0) is 44.2 Å². The molecule has 1 amide bonds. The van der Waals surface area contributed by atoms with Gasteiger partial charge in [0.2, 0.25) is 5.91 Å². The van der Waals surface area contributed by atoms with Crippen LogP contribution in [-0.2, 0) is 14.3 Å². The lowest BCUT2D eigenvalue weighted by molar-refractivity contribution is -0.153. The second kappa shape index (κ2) is 8.13. The maximum atomic E-state index is 12.9. The largest absolute Gasteiger partial charge is 0.462 e. The maximum absolute atomic E-state index is 12.9. The minimum absolute atomic E-state index is 0.0210. The molecule has 3 rings (SSSR count). The van der Waals surface area contributed by atoms with Gasteiger partial charge in [-0.25, -0.2) is 4.99 Å². The molecule has 5 heteroatoms. The molecule has 2 atom stereocenters. The first-order valence-electron chi connectivity index (χ1n) is 9.09. The van der Waals surface area contributed by atoms with Crippen molar-refractivity contribution in [2.75, 3.05) is 0 Å². The van der Waals surface area contributed by atoms with Crippen molar-refractivity contribution in [2.24, 2.45) is 10.9 Å². The highest BCUT2D eigenvalue weighted by Crippen LogP contribution is 2.38. The summed E-state index contributed by atoms with van der Waals surface area (Å²) in [5.41, 5.74) is 1.34. The molecule has 0 bridgehead atoms. The second-order valence-corrected chi connectivity index (χ2v) is 7.41. The number of carbonyl (C=O) groups is 2. The summed E-state index contributed by atoms with van der Waals surface area (Å²) < 4.78 is 5.83. The Morgan fingerprint density at radius 2 is 1.84 bits per heavy atom. The Kier molecular flexibility index (Phi) is 5.89. The number of amides is 1. The molecule has 1 aromatic carbocycles. The van der Waals surface area contributed by atoms with Crippen molar-refractivity contribution in [3.05, 3.63) is 34.9 Å². The normalized spacial score (nSPS) is 25.2. The molecule has 4 nitrogen and oxygen atoms in total. The van der Waals surface area contributed by atoms with Crippen LogP contribution >= 0.6 is 11.6 Å². The van der Waals surface area contributed by atoms with Gasteiger partial charge in [-0.3, -0.25) is 9.59 Å². The first-order valence-corrected chi connectivity index (χ1v) is 9.47. The van der Waals surface area contributed by atoms with Gasteiger partial charge in [-0.2, -0.15) is 0 Å². The van der Waals surface area contributed by atoms with Gasteiger partial charge < -0.3 is 4.74 Å². The van der Waals surface area contributed by atoms with Crippen LogP contribution in [0.1, 0.15) is 63.4 Å². The van der Waals surface area contributed by atoms with Gasteiger partial charge in [-0.15, -0.1) is 0 Å². The summed E-state index contributed by atoms with van der Waals surface area (Å²) in [6.45, 7) is 1.74. The number of hydrogen-bond acceptors (Lipinski definition) is 3. The van der Waals surface area contributed by atoms with E-state index in [1.54, 1.807) is 13.0 Å². The van der Waals surface area contributed by atoms with E-state index in [2.05, 4.69) is 4.99 Å². The fourth-order valence-electron chi connectivity index (χ4n) is 3.91. The summed E-state index contributed by atoms with van der Waals surface area (Å²) >= 11 is 6.33. The van der Waals surface area contributed by atoms with Crippen LogP contribution in [0.2, 0.25) is 5.02 Å². The molecule has 134 valence electrons. The van der Waals surface area contributed by atoms with Gasteiger partial charge in [0.15, 0.2) is 0 Å². The van der Waals surface area contributed by atoms with Crippen molar-refractivity contribution in [1.29, 1.82) is 0 Å². The van der Waals surface area contributed by atoms with E-state index in [-0.39, 0.29) is 30.3 Å². The zero-order valence-electron chi connectivity index (χ0n) is 14.5. The summed E-state index contributed by atoms with van der Waals surface area (Å²) in [6.07, 6.45) is 6.61. The summed E-state index contributed by atoms with van der Waals surface area (Å²) in [5.74, 6) is -1.33. The molecular formula is C20H24ClNO3. The number of benzene rings is 1. The Morgan fingerprint density at radius 3 is 2.52 bits per heavy atom. The monoisotopic (exact) mass is 361 g/mol. The number of rotatable bonds is 3. The Morgan fingerprint density at radius 1 is 1.16 bits per heavy atom. The summed E-state index contributed by atoms with van der Waals surface area (Å²) in [7, 11) is 0. The smallest absolute Gasteiger partial charge is 0.315 e. The first-order chi connectivity index (χ1) is 12.1. The molecule has 0 spiro atoms. The molecule has 1 aliphatic heterocycles. The van der Waals surface area contributed by atoms with Crippen LogP contribution < -0.4 is 0 Å². The number of ether oxygens (including phenoxy) is 1. The topological polar surface area (TPSA) is 55.7 Å². The van der Waals surface area contributed by atoms with Crippen molar-refractivity contribution < 1.29 is 14.3 Å². The Balaban J connectivity index is 1.84. The third-order valence-electron chi connectivity index (χ3n) is 5.19. The van der Waals surface area contributed by atoms with Crippen LogP contribution in [0.15, 0.2) is 29.3 Å². The average molecular weight is 362 g/mol. The van der Waals surface area contributed by atoms with E-state index in [1.165, 1.54) is 12.8 Å². The van der Waals surface area contributed by atoms with E-state index >= 15 is 0 Å². The fraction of sp³-hybridized carbons (Fsp3) is 0.550. The standard InChI is InChI=1S/C20H24ClNO3/c1-13-19(20(24)25-14-8-4-2-3-5-9-14)16(12-18(23)22-13)15-10-6-7-11-17(15)21/h6-7,10-11,14,16,19H,2-5,8-9,12H2,1H3. The van der Waals surface area contributed by atoms with Crippen molar-refractivity contribution >= 4 is 29.2 Å². The number of halogens is 1. The Labute approximate surface area is 153 Å². The van der Waals surface area contributed by atoms with Crippen LogP contribution in [0.3, 0.4) is 0 Å². The van der Waals surface area contributed by atoms with Gasteiger partial charge in [-0.1, -0.05) is 42.6 Å². The van der Waals surface area contributed by atoms with Crippen LogP contribution in [0.5, 0.6) is 0 Å². The lowest BCUT2D eigenvalue weighted by Gasteiger charge is -2.30. The number of hydrogen-bond donors (Lipinski definition) is 0. The van der Waals surface area contributed by atoms with Crippen molar-refractivity contribution in [1.82, 2.24) is 0 Å². The van der Waals surface area contributed by atoms with Gasteiger partial charge in [0, 0.05) is 23.1 Å². The SMILES string of the molecule is CC1=NC(=O)CC(c2ccccc2Cl)C1C(=O)OC1CCCCCC1. The maximum Gasteiger partial charge on any atom is 0.315 e. The highest BCUT2D eigenvalue weighted by atomic mass is 35.5. The highest BCUT2D eigenvalue weighted by molar-refractivity contribution is 6.31. The Bertz CT molecular complexity index is 677. The highest BCUT2D eigenvalue weighted by Gasteiger charge is 2.39. The van der Waals surface area contributed by atoms with E-state index in [0.29, 0.717) is 10.7 Å². The zero-order chi connectivity index (χ0) is 17.8. The summed E-state index contributed by atoms with van der Waals surface area (Å²) in [5, 5.41) is 0.572. The molecule has 1 aromatic rings. The molecule has 1 fully saturated rings. The van der Waals surface area contributed by atoms with Crippen LogP contribution in [0.4, 0.5) is 0 Å². The minimum Gasteiger partial charge on any atom is -0.462 e. The molecule has 0 radical (unpaired) electrons. The molecule has 1 aliphatic carbocycles. The summed E-state index contributed by atoms with van der Waals surface area (Å²) in [6, 6.07) is 7.39. The molecule has 1 saturated carbocycles. The van der Waals surface area contributed by atoms with E-state index in [1.807, 2.05) is 18.2 Å². The lowest BCUT2D eigenvalue weighted by atomic mass is 9.79. The second-order valence-electron chi connectivity index (χ2n) is 7.01. The molecule has 2 unspecified atom stereocenters. The third-order valence-corrected chi connectivity index (χ3v) is 5.54. The predicted octanol–water partition coefficient (Wildman–Crippen LogP) is 4.70. The van der Waals surface area contributed by atoms with E-state index in [4.69, 9.17) is 16.3 Å². The summed E-state index contributed by atoms with van der Waals surface area (Å²) in [4.78, 5) is 29.0. The quantitative estimate of drug-likeness (QED) is 0.579. The predicted molar refractivity (Wildman–Crippen MR) is 98.0 cm³/mol. The molecule has 1 heterocycles. The molecule has 0 N–H and O–H groups in total. The van der Waals surface area contributed by atoms with Crippen LogP contribution in [0.25, 0.3) is 0 Å². The van der Waals surface area contributed by atoms with Crippen LogP contribution in [0, 0.1) is 5.92 Å². The molecule has 0 aromatic heterocycles. The zero-order valence-corrected chi connectivity index (χ0v) is 15.3. The number of aliphatic imine (C=N–C) groups is 1. The average Bonchev–Trinajstić information content (AvgIpc) is 2.83. The number of esters is 1. The molecule has 25 heavy (non-hydrogen) atoms. The van der Waals surface area contributed by atoms with E-state index in [9.17, 15) is 9.59 Å². The molecule has 2 aliphatic rings. The third kappa shape index (κ3) is 4.30.